The van der Waals surface area contributed by atoms with Crippen molar-refractivity contribution in [3.63, 3.8) is 0 Å². The van der Waals surface area contributed by atoms with Crippen LogP contribution in [0.25, 0.3) is 0 Å². The third-order valence-electron chi connectivity index (χ3n) is 6.81. The molecule has 2 amide bonds. The molecule has 1 atom stereocenters. The van der Waals surface area contributed by atoms with Gasteiger partial charge in [0.2, 0.25) is 11.8 Å². The topological polar surface area (TPSA) is 61.4 Å². The summed E-state index contributed by atoms with van der Waals surface area (Å²) in [5.74, 6) is 1.73. The van der Waals surface area contributed by atoms with Gasteiger partial charge in [-0.25, -0.2) is 0 Å². The van der Waals surface area contributed by atoms with Gasteiger partial charge in [0.25, 0.3) is 0 Å². The molecular weight excluding hydrogens is 406 g/mol. The van der Waals surface area contributed by atoms with Gasteiger partial charge in [-0.3, -0.25) is 14.5 Å². The predicted octanol–water partition coefficient (Wildman–Crippen LogP) is 3.83. The van der Waals surface area contributed by atoms with Crippen LogP contribution in [-0.4, -0.2) is 53.9 Å². The first-order chi connectivity index (χ1) is 15.0. The molecule has 0 bridgehead atoms. The van der Waals surface area contributed by atoms with E-state index in [9.17, 15) is 9.59 Å². The Morgan fingerprint density at radius 3 is 2.39 bits per heavy atom. The number of rotatable bonds is 9. The summed E-state index contributed by atoms with van der Waals surface area (Å²) in [6.07, 6.45) is 8.77. The van der Waals surface area contributed by atoms with Crippen molar-refractivity contribution in [3.05, 3.63) is 35.9 Å². The molecule has 172 valence electrons. The maximum absolute atomic E-state index is 13.0. The Morgan fingerprint density at radius 1 is 1.06 bits per heavy atom. The van der Waals surface area contributed by atoms with Crippen LogP contribution in [0.3, 0.4) is 0 Å². The molecule has 1 aromatic carbocycles. The number of hydrogen-bond acceptors (Lipinski definition) is 4. The summed E-state index contributed by atoms with van der Waals surface area (Å²) in [7, 11) is 0. The van der Waals surface area contributed by atoms with Gasteiger partial charge < -0.3 is 10.6 Å². The summed E-state index contributed by atoms with van der Waals surface area (Å²) < 4.78 is 0. The van der Waals surface area contributed by atoms with Crippen molar-refractivity contribution in [2.45, 2.75) is 70.5 Å². The zero-order valence-electron chi connectivity index (χ0n) is 19.1. The van der Waals surface area contributed by atoms with E-state index in [1.807, 2.05) is 12.3 Å². The first-order valence-electron chi connectivity index (χ1n) is 11.9. The molecule has 2 aliphatic rings. The van der Waals surface area contributed by atoms with Gasteiger partial charge in [-0.15, -0.1) is 0 Å². The minimum atomic E-state index is -0.415. The van der Waals surface area contributed by atoms with E-state index < -0.39 is 6.04 Å². The minimum Gasteiger partial charge on any atom is -0.351 e. The van der Waals surface area contributed by atoms with E-state index >= 15 is 0 Å². The molecule has 2 N–H and O–H groups in total. The molecule has 1 heterocycles. The van der Waals surface area contributed by atoms with Gasteiger partial charge in [-0.05, 0) is 68.4 Å². The number of nitrogens with zero attached hydrogens (tertiary/aromatic N) is 1. The Morgan fingerprint density at radius 2 is 1.74 bits per heavy atom. The van der Waals surface area contributed by atoms with Crippen molar-refractivity contribution in [3.8, 4) is 0 Å². The van der Waals surface area contributed by atoms with Gasteiger partial charge in [0.05, 0.1) is 0 Å². The van der Waals surface area contributed by atoms with Gasteiger partial charge in [0, 0.05) is 31.6 Å². The number of hydrogen-bond donors (Lipinski definition) is 2. The van der Waals surface area contributed by atoms with Gasteiger partial charge in [-0.2, -0.15) is 11.8 Å². The lowest BCUT2D eigenvalue weighted by molar-refractivity contribution is -0.132. The normalized spacial score (nSPS) is 23.8. The van der Waals surface area contributed by atoms with E-state index in [0.29, 0.717) is 12.3 Å². The summed E-state index contributed by atoms with van der Waals surface area (Å²) in [5, 5.41) is 6.33. The molecule has 2 fully saturated rings. The summed E-state index contributed by atoms with van der Waals surface area (Å²) in [5.41, 5.74) is 1.34. The van der Waals surface area contributed by atoms with Crippen molar-refractivity contribution in [2.24, 2.45) is 11.8 Å². The summed E-state index contributed by atoms with van der Waals surface area (Å²) in [6.45, 7) is 5.20. The Kier molecular flexibility index (Phi) is 9.72. The summed E-state index contributed by atoms with van der Waals surface area (Å²) in [4.78, 5) is 28.3. The number of nitrogens with one attached hydrogen (secondary N) is 2. The lowest BCUT2D eigenvalue weighted by atomic mass is 9.82. The molecule has 0 spiro atoms. The third-order valence-corrected chi connectivity index (χ3v) is 7.46. The van der Waals surface area contributed by atoms with Gasteiger partial charge in [-0.1, -0.05) is 37.3 Å². The van der Waals surface area contributed by atoms with Crippen LogP contribution in [-0.2, 0) is 16.1 Å². The number of thioether (sulfide) groups is 1. The maximum Gasteiger partial charge on any atom is 0.242 e. The second kappa shape index (κ2) is 12.5. The molecule has 5 nitrogen and oxygen atoms in total. The number of piperidine rings is 1. The van der Waals surface area contributed by atoms with Crippen molar-refractivity contribution in [1.29, 1.82) is 0 Å². The van der Waals surface area contributed by atoms with Crippen LogP contribution in [0.5, 0.6) is 0 Å². The number of carbonyl (C=O) groups is 2. The zero-order chi connectivity index (χ0) is 22.1. The number of amides is 2. The second-order valence-corrected chi connectivity index (χ2v) is 10.3. The molecule has 1 aromatic rings. The molecule has 3 rings (SSSR count). The molecule has 1 aliphatic carbocycles. The largest absolute Gasteiger partial charge is 0.351 e. The van der Waals surface area contributed by atoms with Crippen LogP contribution < -0.4 is 10.6 Å². The molecular formula is C25H39N3O2S. The summed E-state index contributed by atoms with van der Waals surface area (Å²) >= 11 is 1.72. The quantitative estimate of drug-likeness (QED) is 0.606. The third kappa shape index (κ3) is 7.83. The Bertz CT molecular complexity index is 683. The van der Waals surface area contributed by atoms with E-state index in [4.69, 9.17) is 0 Å². The number of likely N-dealkylation sites (tertiary alicyclic amines) is 1. The van der Waals surface area contributed by atoms with E-state index in [0.717, 1.165) is 63.9 Å². The van der Waals surface area contributed by atoms with Gasteiger partial charge in [0.15, 0.2) is 0 Å². The van der Waals surface area contributed by atoms with Gasteiger partial charge in [0.1, 0.15) is 6.04 Å². The highest BCUT2D eigenvalue weighted by molar-refractivity contribution is 7.98. The first kappa shape index (κ1) is 24.1. The molecule has 1 unspecified atom stereocenters. The van der Waals surface area contributed by atoms with Crippen LogP contribution in [0.4, 0.5) is 0 Å². The highest BCUT2D eigenvalue weighted by atomic mass is 32.2. The number of carbonyl (C=O) groups excluding carboxylic acids is 2. The Labute approximate surface area is 192 Å². The SMILES string of the molecule is CSCCC(NC(=O)C1CCC(C)CC1)C(=O)NC1CCN(Cc2ccccc2)CC1. The second-order valence-electron chi connectivity index (χ2n) is 9.34. The van der Waals surface area contributed by atoms with E-state index in [-0.39, 0.29) is 23.8 Å². The smallest absolute Gasteiger partial charge is 0.242 e. The van der Waals surface area contributed by atoms with Crippen molar-refractivity contribution in [1.82, 2.24) is 15.5 Å². The van der Waals surface area contributed by atoms with Crippen LogP contribution in [0, 0.1) is 11.8 Å². The average Bonchev–Trinajstić information content (AvgIpc) is 2.79. The maximum atomic E-state index is 13.0. The molecule has 1 saturated heterocycles. The van der Waals surface area contributed by atoms with Gasteiger partial charge >= 0.3 is 0 Å². The Hall–Kier alpha value is -1.53. The molecule has 1 aliphatic heterocycles. The van der Waals surface area contributed by atoms with Crippen LogP contribution in [0.15, 0.2) is 30.3 Å². The fourth-order valence-corrected chi connectivity index (χ4v) is 5.17. The highest BCUT2D eigenvalue weighted by Gasteiger charge is 2.29. The summed E-state index contributed by atoms with van der Waals surface area (Å²) in [6, 6.07) is 10.3. The number of benzene rings is 1. The standard InChI is InChI=1S/C25H39N3O2S/c1-19-8-10-21(11-9-19)24(29)27-23(14-17-31-2)25(30)26-22-12-15-28(16-13-22)18-20-6-4-3-5-7-20/h3-7,19,21-23H,8-18H2,1-2H3,(H,26,30)(H,27,29). The molecule has 0 radical (unpaired) electrons. The predicted molar refractivity (Wildman–Crippen MR) is 129 cm³/mol. The highest BCUT2D eigenvalue weighted by Crippen LogP contribution is 2.28. The molecule has 1 saturated carbocycles. The molecule has 0 aromatic heterocycles. The lowest BCUT2D eigenvalue weighted by Crippen LogP contribution is -2.53. The van der Waals surface area contributed by atoms with Crippen LogP contribution >= 0.6 is 11.8 Å². The van der Waals surface area contributed by atoms with E-state index in [2.05, 4.69) is 46.7 Å². The average molecular weight is 446 g/mol. The lowest BCUT2D eigenvalue weighted by Gasteiger charge is -2.33. The van der Waals surface area contributed by atoms with Crippen LogP contribution in [0.1, 0.15) is 57.4 Å². The van der Waals surface area contributed by atoms with E-state index in [1.165, 1.54) is 5.56 Å². The van der Waals surface area contributed by atoms with E-state index in [1.54, 1.807) is 11.8 Å². The molecule has 6 heteroatoms. The Balaban J connectivity index is 1.46. The van der Waals surface area contributed by atoms with Crippen molar-refractivity contribution < 1.29 is 9.59 Å². The minimum absolute atomic E-state index is 0.00640. The van der Waals surface area contributed by atoms with Crippen molar-refractivity contribution in [2.75, 3.05) is 25.1 Å². The van der Waals surface area contributed by atoms with Crippen molar-refractivity contribution >= 4 is 23.6 Å². The zero-order valence-corrected chi connectivity index (χ0v) is 20.0. The first-order valence-corrected chi connectivity index (χ1v) is 13.3. The fraction of sp³-hybridized carbons (Fsp3) is 0.680. The fourth-order valence-electron chi connectivity index (χ4n) is 4.70. The van der Waals surface area contributed by atoms with Crippen LogP contribution in [0.2, 0.25) is 0 Å². The molecule has 31 heavy (non-hydrogen) atoms. The monoisotopic (exact) mass is 445 g/mol.